The lowest BCUT2D eigenvalue weighted by molar-refractivity contribution is -0.112. The van der Waals surface area contributed by atoms with Gasteiger partial charge in [0.2, 0.25) is 0 Å². The van der Waals surface area contributed by atoms with E-state index in [-0.39, 0.29) is 5.57 Å². The predicted molar refractivity (Wildman–Crippen MR) is 84.4 cm³/mol. The van der Waals surface area contributed by atoms with Crippen LogP contribution in [-0.4, -0.2) is 56.0 Å². The number of hydrogen-bond donors (Lipinski definition) is 1. The topological polar surface area (TPSA) is 68.6 Å². The average Bonchev–Trinajstić information content (AvgIpc) is 2.55. The maximum Gasteiger partial charge on any atom is 0.267 e. The number of nitrogens with one attached hydrogen (secondary N) is 1. The fraction of sp³-hybridized carbons (Fsp3) is 0.375. The Balaban J connectivity index is 2.00. The van der Waals surface area contributed by atoms with Crippen LogP contribution in [0.5, 0.6) is 5.75 Å². The minimum absolute atomic E-state index is 0.111. The third kappa shape index (κ3) is 4.24. The molecule has 1 heterocycles. The van der Waals surface area contributed by atoms with E-state index >= 15 is 0 Å². The number of carbonyl (C=O) groups is 1. The van der Waals surface area contributed by atoms with Gasteiger partial charge < -0.3 is 19.9 Å². The molecule has 22 heavy (non-hydrogen) atoms. The van der Waals surface area contributed by atoms with Crippen molar-refractivity contribution in [1.82, 2.24) is 9.80 Å². The van der Waals surface area contributed by atoms with Gasteiger partial charge in [0.05, 0.1) is 7.11 Å². The molecule has 0 aromatic heterocycles. The van der Waals surface area contributed by atoms with Crippen LogP contribution < -0.4 is 10.1 Å². The largest absolute Gasteiger partial charge is 0.497 e. The van der Waals surface area contributed by atoms with Crippen LogP contribution in [0.3, 0.4) is 0 Å². The number of rotatable bonds is 4. The fourth-order valence-electron chi connectivity index (χ4n) is 2.14. The van der Waals surface area contributed by atoms with Crippen LogP contribution in [0.25, 0.3) is 0 Å². The number of carbonyl (C=O) groups excluding carboxylic acids is 1. The molecule has 2 rings (SSSR count). The minimum Gasteiger partial charge on any atom is -0.497 e. The molecule has 1 aliphatic heterocycles. The Labute approximate surface area is 130 Å². The highest BCUT2D eigenvalue weighted by atomic mass is 16.5. The highest BCUT2D eigenvalue weighted by Gasteiger charge is 2.15. The molecule has 1 aliphatic rings. The van der Waals surface area contributed by atoms with Crippen molar-refractivity contribution in [3.05, 3.63) is 36.0 Å². The SMILES string of the molecule is COc1ccc(NC(=O)/C(C#N)=C\N2CCN(C)CC2)cc1. The molecule has 0 bridgehead atoms. The van der Waals surface area contributed by atoms with Gasteiger partial charge in [0.15, 0.2) is 0 Å². The van der Waals surface area contributed by atoms with Crippen molar-refractivity contribution in [3.63, 3.8) is 0 Å². The zero-order chi connectivity index (χ0) is 15.9. The van der Waals surface area contributed by atoms with Crippen LogP contribution in [0.4, 0.5) is 5.69 Å². The van der Waals surface area contributed by atoms with Crippen molar-refractivity contribution >= 4 is 11.6 Å². The molecular formula is C16H20N4O2. The zero-order valence-electron chi connectivity index (χ0n) is 12.9. The summed E-state index contributed by atoms with van der Waals surface area (Å²) in [6.07, 6.45) is 1.64. The van der Waals surface area contributed by atoms with E-state index in [2.05, 4.69) is 17.3 Å². The molecule has 1 amide bonds. The van der Waals surface area contributed by atoms with Crippen LogP contribution in [0.2, 0.25) is 0 Å². The standard InChI is InChI=1S/C16H20N4O2/c1-19-7-9-20(10-8-19)12-13(11-17)16(21)18-14-3-5-15(22-2)6-4-14/h3-6,12H,7-10H2,1-2H3,(H,18,21)/b13-12-. The Morgan fingerprint density at radius 1 is 1.27 bits per heavy atom. The van der Waals surface area contributed by atoms with Crippen LogP contribution in [0, 0.1) is 11.3 Å². The lowest BCUT2D eigenvalue weighted by Gasteiger charge is -2.31. The van der Waals surface area contributed by atoms with E-state index in [0.29, 0.717) is 11.4 Å². The third-order valence-corrected chi connectivity index (χ3v) is 3.56. The first-order valence-corrected chi connectivity index (χ1v) is 7.12. The van der Waals surface area contributed by atoms with Gasteiger partial charge >= 0.3 is 0 Å². The number of ether oxygens (including phenoxy) is 1. The summed E-state index contributed by atoms with van der Waals surface area (Å²) in [5, 5.41) is 11.9. The van der Waals surface area contributed by atoms with Gasteiger partial charge in [-0.25, -0.2) is 0 Å². The van der Waals surface area contributed by atoms with Crippen molar-refractivity contribution in [2.45, 2.75) is 0 Å². The number of anilines is 1. The van der Waals surface area contributed by atoms with Gasteiger partial charge in [-0.05, 0) is 31.3 Å². The van der Waals surface area contributed by atoms with Gasteiger partial charge in [0.25, 0.3) is 5.91 Å². The Bertz CT molecular complexity index is 581. The number of nitriles is 1. The number of nitrogens with zero attached hydrogens (tertiary/aromatic N) is 3. The average molecular weight is 300 g/mol. The van der Waals surface area contributed by atoms with E-state index < -0.39 is 5.91 Å². The van der Waals surface area contributed by atoms with E-state index in [9.17, 15) is 10.1 Å². The van der Waals surface area contributed by atoms with E-state index in [1.54, 1.807) is 37.6 Å². The maximum absolute atomic E-state index is 12.2. The highest BCUT2D eigenvalue weighted by Crippen LogP contribution is 2.15. The molecule has 116 valence electrons. The minimum atomic E-state index is -0.397. The van der Waals surface area contributed by atoms with Crippen LogP contribution in [-0.2, 0) is 4.79 Å². The van der Waals surface area contributed by atoms with Gasteiger partial charge in [0, 0.05) is 38.1 Å². The van der Waals surface area contributed by atoms with E-state index in [4.69, 9.17) is 4.74 Å². The molecule has 0 saturated carbocycles. The Hall–Kier alpha value is -2.52. The Morgan fingerprint density at radius 2 is 1.91 bits per heavy atom. The third-order valence-electron chi connectivity index (χ3n) is 3.56. The lowest BCUT2D eigenvalue weighted by Crippen LogP contribution is -2.42. The molecule has 1 N–H and O–H groups in total. The second kappa shape index (κ2) is 7.48. The van der Waals surface area contributed by atoms with Crippen molar-refractivity contribution in [2.75, 3.05) is 45.7 Å². The predicted octanol–water partition coefficient (Wildman–Crippen LogP) is 1.29. The normalized spacial score (nSPS) is 16.0. The van der Waals surface area contributed by atoms with Crippen LogP contribution in [0.15, 0.2) is 36.0 Å². The molecule has 0 unspecified atom stereocenters. The van der Waals surface area contributed by atoms with Gasteiger partial charge in [-0.2, -0.15) is 5.26 Å². The van der Waals surface area contributed by atoms with E-state index in [1.807, 2.05) is 11.0 Å². The molecule has 1 fully saturated rings. The number of benzene rings is 1. The molecule has 1 aromatic rings. The van der Waals surface area contributed by atoms with Crippen molar-refractivity contribution in [3.8, 4) is 11.8 Å². The second-order valence-corrected chi connectivity index (χ2v) is 5.18. The summed E-state index contributed by atoms with van der Waals surface area (Å²) >= 11 is 0. The lowest BCUT2D eigenvalue weighted by atomic mass is 10.2. The Morgan fingerprint density at radius 3 is 2.45 bits per heavy atom. The summed E-state index contributed by atoms with van der Waals surface area (Å²) in [6.45, 7) is 3.49. The smallest absolute Gasteiger partial charge is 0.267 e. The molecule has 1 aromatic carbocycles. The second-order valence-electron chi connectivity index (χ2n) is 5.18. The number of likely N-dealkylation sites (N-methyl/N-ethyl adjacent to an activating group) is 1. The van der Waals surface area contributed by atoms with Gasteiger partial charge in [-0.15, -0.1) is 0 Å². The number of amides is 1. The summed E-state index contributed by atoms with van der Waals surface area (Å²) < 4.78 is 5.06. The summed E-state index contributed by atoms with van der Waals surface area (Å²) in [4.78, 5) is 16.4. The molecule has 6 heteroatoms. The summed E-state index contributed by atoms with van der Waals surface area (Å²) in [7, 11) is 3.64. The molecule has 6 nitrogen and oxygen atoms in total. The van der Waals surface area contributed by atoms with Gasteiger partial charge in [-0.3, -0.25) is 4.79 Å². The first-order valence-electron chi connectivity index (χ1n) is 7.12. The summed E-state index contributed by atoms with van der Waals surface area (Å²) in [5.74, 6) is 0.318. The molecule has 0 spiro atoms. The first kappa shape index (κ1) is 15.9. The monoisotopic (exact) mass is 300 g/mol. The highest BCUT2D eigenvalue weighted by molar-refractivity contribution is 6.06. The molecule has 0 radical (unpaired) electrons. The van der Waals surface area contributed by atoms with Crippen molar-refractivity contribution in [1.29, 1.82) is 5.26 Å². The van der Waals surface area contributed by atoms with Crippen molar-refractivity contribution < 1.29 is 9.53 Å². The van der Waals surface area contributed by atoms with Crippen LogP contribution in [0.1, 0.15) is 0 Å². The quantitative estimate of drug-likeness (QED) is 0.670. The summed E-state index contributed by atoms with van der Waals surface area (Å²) in [6, 6.07) is 8.96. The zero-order valence-corrected chi connectivity index (χ0v) is 12.9. The Kier molecular flexibility index (Phi) is 5.39. The molecule has 0 aliphatic carbocycles. The molecular weight excluding hydrogens is 280 g/mol. The van der Waals surface area contributed by atoms with Gasteiger partial charge in [0.1, 0.15) is 17.4 Å². The van der Waals surface area contributed by atoms with Gasteiger partial charge in [-0.1, -0.05) is 0 Å². The number of methoxy groups -OCH3 is 1. The fourth-order valence-corrected chi connectivity index (χ4v) is 2.14. The number of hydrogen-bond acceptors (Lipinski definition) is 5. The van der Waals surface area contributed by atoms with E-state index in [1.165, 1.54) is 0 Å². The first-order chi connectivity index (χ1) is 10.6. The maximum atomic E-state index is 12.2. The van der Waals surface area contributed by atoms with Crippen molar-refractivity contribution in [2.24, 2.45) is 0 Å². The molecule has 0 atom stereocenters. The number of piperazine rings is 1. The van der Waals surface area contributed by atoms with Crippen LogP contribution >= 0.6 is 0 Å². The molecule has 1 saturated heterocycles. The van der Waals surface area contributed by atoms with E-state index in [0.717, 1.165) is 26.2 Å². The summed E-state index contributed by atoms with van der Waals surface area (Å²) in [5.41, 5.74) is 0.741.